The molecule has 1 saturated heterocycles. The molecule has 26 heavy (non-hydrogen) atoms. The summed E-state index contributed by atoms with van der Waals surface area (Å²) in [6.45, 7) is 3.86. The maximum Gasteiger partial charge on any atom is 0.299 e. The first kappa shape index (κ1) is 16.1. The lowest BCUT2D eigenvalue weighted by molar-refractivity contribution is -0.112. The van der Waals surface area contributed by atoms with Gasteiger partial charge in [-0.25, -0.2) is 9.99 Å². The number of methoxy groups -OCH3 is 1. The van der Waals surface area contributed by atoms with Gasteiger partial charge in [0.05, 0.1) is 28.7 Å². The van der Waals surface area contributed by atoms with E-state index in [4.69, 9.17) is 4.74 Å². The Bertz CT molecular complexity index is 1030. The lowest BCUT2D eigenvalue weighted by atomic mass is 10.3. The van der Waals surface area contributed by atoms with Gasteiger partial charge in [0.2, 0.25) is 5.13 Å². The van der Waals surface area contributed by atoms with Gasteiger partial charge in [0.15, 0.2) is 5.71 Å². The predicted octanol–water partition coefficient (Wildman–Crippen LogP) is 3.14. The van der Waals surface area contributed by atoms with Gasteiger partial charge in [-0.2, -0.15) is 5.10 Å². The third-order valence-corrected chi connectivity index (χ3v) is 4.73. The van der Waals surface area contributed by atoms with E-state index < -0.39 is 0 Å². The molecule has 1 aromatic heterocycles. The van der Waals surface area contributed by atoms with Crippen molar-refractivity contribution >= 4 is 44.0 Å². The van der Waals surface area contributed by atoms with Crippen molar-refractivity contribution in [1.29, 1.82) is 0 Å². The molecule has 4 rings (SSSR count). The van der Waals surface area contributed by atoms with Crippen molar-refractivity contribution in [3.8, 4) is 5.75 Å². The zero-order valence-corrected chi connectivity index (χ0v) is 14.7. The minimum Gasteiger partial charge on any atom is -0.497 e. The second-order valence-corrected chi connectivity index (χ2v) is 6.52. The van der Waals surface area contributed by atoms with Crippen molar-refractivity contribution in [2.24, 2.45) is 5.10 Å². The molecule has 0 aliphatic carbocycles. The van der Waals surface area contributed by atoms with E-state index in [0.29, 0.717) is 10.8 Å². The molecule has 2 N–H and O–H groups in total. The highest BCUT2D eigenvalue weighted by Gasteiger charge is 2.32. The minimum atomic E-state index is -0.281. The van der Waals surface area contributed by atoms with Crippen molar-refractivity contribution in [3.63, 3.8) is 0 Å². The highest BCUT2D eigenvalue weighted by molar-refractivity contribution is 7.22. The molecule has 1 fully saturated rings. The molecular formula is C18H15N5O2S. The Morgan fingerprint density at radius 2 is 2.08 bits per heavy atom. The van der Waals surface area contributed by atoms with Crippen LogP contribution in [0.1, 0.15) is 0 Å². The molecule has 0 unspecified atom stereocenters. The molecule has 2 heterocycles. The maximum atomic E-state index is 12.6. The number of rotatable bonds is 4. The first-order valence-corrected chi connectivity index (χ1v) is 8.61. The number of hydrazone groups is 1. The number of anilines is 2. The lowest BCUT2D eigenvalue weighted by Gasteiger charge is -2.14. The van der Waals surface area contributed by atoms with Crippen LogP contribution in [0.5, 0.6) is 5.75 Å². The molecule has 7 nitrogen and oxygen atoms in total. The standard InChI is InChI=1S/C18H15N5O2S/c1-11-16(17(24)23(22-11)12-6-4-3-5-7-12)20-21-18-19-14-9-8-13(25-2)10-15(14)26-18/h3-10,22H,1H2,2H3,(H,19,21)/b20-16-. The van der Waals surface area contributed by atoms with E-state index in [0.717, 1.165) is 21.7 Å². The molecule has 2 aromatic carbocycles. The topological polar surface area (TPSA) is 78.9 Å². The Morgan fingerprint density at radius 1 is 1.27 bits per heavy atom. The fourth-order valence-electron chi connectivity index (χ4n) is 2.53. The van der Waals surface area contributed by atoms with E-state index in [1.807, 2.05) is 48.5 Å². The Balaban J connectivity index is 1.56. The predicted molar refractivity (Wildman–Crippen MR) is 103 cm³/mol. The number of thiazole rings is 1. The number of carbonyl (C=O) groups is 1. The van der Waals surface area contributed by atoms with E-state index in [1.165, 1.54) is 16.3 Å². The third kappa shape index (κ3) is 2.86. The Kier molecular flexibility index (Phi) is 4.02. The van der Waals surface area contributed by atoms with Crippen LogP contribution in [-0.2, 0) is 4.79 Å². The molecule has 0 radical (unpaired) electrons. The number of para-hydroxylation sites is 1. The fourth-order valence-corrected chi connectivity index (χ4v) is 3.37. The molecule has 8 heteroatoms. The number of nitrogens with one attached hydrogen (secondary N) is 2. The summed E-state index contributed by atoms with van der Waals surface area (Å²) in [4.78, 5) is 17.0. The second kappa shape index (κ2) is 6.49. The van der Waals surface area contributed by atoms with Gasteiger partial charge in [-0.05, 0) is 30.3 Å². The Morgan fingerprint density at radius 3 is 2.85 bits per heavy atom. The summed E-state index contributed by atoms with van der Waals surface area (Å²) in [5.41, 5.74) is 7.98. The highest BCUT2D eigenvalue weighted by atomic mass is 32.1. The number of hydrogen-bond acceptors (Lipinski definition) is 7. The van der Waals surface area contributed by atoms with Gasteiger partial charge < -0.3 is 4.74 Å². The van der Waals surface area contributed by atoms with Crippen LogP contribution in [0, 0.1) is 0 Å². The number of nitrogens with zero attached hydrogens (tertiary/aromatic N) is 3. The zero-order chi connectivity index (χ0) is 18.1. The average molecular weight is 365 g/mol. The molecule has 0 saturated carbocycles. The van der Waals surface area contributed by atoms with Crippen LogP contribution >= 0.6 is 11.3 Å². The van der Waals surface area contributed by atoms with Gasteiger partial charge in [0.1, 0.15) is 5.75 Å². The molecule has 0 atom stereocenters. The second-order valence-electron chi connectivity index (χ2n) is 5.49. The third-order valence-electron chi connectivity index (χ3n) is 3.81. The summed E-state index contributed by atoms with van der Waals surface area (Å²) in [6, 6.07) is 14.9. The summed E-state index contributed by atoms with van der Waals surface area (Å²) in [7, 11) is 1.62. The maximum absolute atomic E-state index is 12.6. The molecule has 0 spiro atoms. The lowest BCUT2D eigenvalue weighted by Crippen LogP contribution is -2.34. The summed E-state index contributed by atoms with van der Waals surface area (Å²) < 4.78 is 6.18. The molecule has 1 aliphatic heterocycles. The highest BCUT2D eigenvalue weighted by Crippen LogP contribution is 2.29. The smallest absolute Gasteiger partial charge is 0.299 e. The molecule has 3 aromatic rings. The van der Waals surface area contributed by atoms with E-state index in [-0.39, 0.29) is 11.6 Å². The normalized spacial score (nSPS) is 15.6. The van der Waals surface area contributed by atoms with Crippen molar-refractivity contribution in [1.82, 2.24) is 10.4 Å². The van der Waals surface area contributed by atoms with Crippen LogP contribution in [0.2, 0.25) is 0 Å². The van der Waals surface area contributed by atoms with Crippen LogP contribution in [0.25, 0.3) is 10.2 Å². The largest absolute Gasteiger partial charge is 0.497 e. The van der Waals surface area contributed by atoms with Gasteiger partial charge in [-0.15, -0.1) is 0 Å². The summed E-state index contributed by atoms with van der Waals surface area (Å²) in [6.07, 6.45) is 0. The molecular weight excluding hydrogens is 350 g/mol. The average Bonchev–Trinajstić information content (AvgIpc) is 3.20. The first-order chi connectivity index (χ1) is 12.7. The number of hydrogen-bond donors (Lipinski definition) is 2. The van der Waals surface area contributed by atoms with Crippen molar-refractivity contribution in [3.05, 3.63) is 60.8 Å². The fraction of sp³-hybridized carbons (Fsp3) is 0.0556. The number of carbonyl (C=O) groups excluding carboxylic acids is 1. The van der Waals surface area contributed by atoms with E-state index >= 15 is 0 Å². The van der Waals surface area contributed by atoms with Gasteiger partial charge in [0, 0.05) is 0 Å². The van der Waals surface area contributed by atoms with Crippen LogP contribution in [0.15, 0.2) is 65.9 Å². The van der Waals surface area contributed by atoms with E-state index in [9.17, 15) is 4.79 Å². The van der Waals surface area contributed by atoms with Gasteiger partial charge in [0.25, 0.3) is 5.91 Å². The SMILES string of the molecule is C=C1NN(c2ccccc2)C(=O)/C1=N\Nc1nc2ccc(OC)cc2s1. The van der Waals surface area contributed by atoms with Crippen molar-refractivity contribution in [2.75, 3.05) is 17.5 Å². The zero-order valence-electron chi connectivity index (χ0n) is 13.9. The van der Waals surface area contributed by atoms with Gasteiger partial charge in [-0.1, -0.05) is 36.1 Å². The van der Waals surface area contributed by atoms with E-state index in [2.05, 4.69) is 27.5 Å². The summed E-state index contributed by atoms with van der Waals surface area (Å²) in [5, 5.41) is 6.19. The van der Waals surface area contributed by atoms with Crippen LogP contribution in [-0.4, -0.2) is 23.7 Å². The Labute approximate surface area is 153 Å². The van der Waals surface area contributed by atoms with Crippen LogP contribution in [0.4, 0.5) is 10.8 Å². The number of ether oxygens (including phenoxy) is 1. The summed E-state index contributed by atoms with van der Waals surface area (Å²) >= 11 is 1.43. The molecule has 1 aliphatic rings. The monoisotopic (exact) mass is 365 g/mol. The molecule has 130 valence electrons. The quantitative estimate of drug-likeness (QED) is 0.695. The number of hydrazine groups is 1. The van der Waals surface area contributed by atoms with Gasteiger partial charge >= 0.3 is 0 Å². The minimum absolute atomic E-state index is 0.214. The number of benzene rings is 2. The molecule has 1 amide bonds. The number of amides is 1. The number of fused-ring (bicyclic) bond motifs is 1. The van der Waals surface area contributed by atoms with Crippen LogP contribution in [0.3, 0.4) is 0 Å². The summed E-state index contributed by atoms with van der Waals surface area (Å²) in [5.74, 6) is 0.484. The van der Waals surface area contributed by atoms with Crippen molar-refractivity contribution in [2.45, 2.75) is 0 Å². The molecule has 0 bridgehead atoms. The number of aromatic nitrogens is 1. The van der Waals surface area contributed by atoms with Crippen LogP contribution < -0.4 is 20.6 Å². The first-order valence-electron chi connectivity index (χ1n) is 7.79. The van der Waals surface area contributed by atoms with E-state index in [1.54, 1.807) is 7.11 Å². The van der Waals surface area contributed by atoms with Crippen molar-refractivity contribution < 1.29 is 9.53 Å². The Hall–Kier alpha value is -3.39. The van der Waals surface area contributed by atoms with Gasteiger partial charge in [-0.3, -0.25) is 15.6 Å².